The Balaban J connectivity index is 1.38. The third-order valence-electron chi connectivity index (χ3n) is 10.7. The van der Waals surface area contributed by atoms with Gasteiger partial charge in [0.15, 0.2) is 0 Å². The van der Waals surface area contributed by atoms with Crippen molar-refractivity contribution in [3.63, 3.8) is 0 Å². The fraction of sp³-hybridized carbons (Fsp3) is 0.721. The molecule has 4 N–H and O–H groups in total. The van der Waals surface area contributed by atoms with Gasteiger partial charge in [0.05, 0.1) is 0 Å². The van der Waals surface area contributed by atoms with Crippen molar-refractivity contribution in [3.8, 4) is 11.5 Å². The maximum Gasteiger partial charge on any atom is 0.119 e. The molecule has 0 saturated heterocycles. The van der Waals surface area contributed by atoms with Crippen LogP contribution in [-0.2, 0) is 5.41 Å². The predicted octanol–water partition coefficient (Wildman–Crippen LogP) is 7.82. The highest BCUT2D eigenvalue weighted by Gasteiger charge is 2.40. The summed E-state index contributed by atoms with van der Waals surface area (Å²) in [5, 5.41) is 28.1. The summed E-state index contributed by atoms with van der Waals surface area (Å²) in [6, 6.07) is 16.4. The van der Waals surface area contributed by atoms with Gasteiger partial charge in [-0.2, -0.15) is 0 Å². The molecule has 0 spiro atoms. The van der Waals surface area contributed by atoms with Crippen LogP contribution >= 0.6 is 0 Å². The van der Waals surface area contributed by atoms with Gasteiger partial charge in [0.1, 0.15) is 36.9 Å². The average molecular weight is 696 g/mol. The van der Waals surface area contributed by atoms with Crippen LogP contribution in [-0.4, -0.2) is 86.3 Å². The molecule has 1 saturated carbocycles. The van der Waals surface area contributed by atoms with E-state index in [0.29, 0.717) is 18.5 Å². The van der Waals surface area contributed by atoms with Gasteiger partial charge < -0.3 is 35.2 Å². The number of unbranched alkanes of at least 4 members (excludes halogenated alkanes) is 2. The number of benzene rings is 2. The van der Waals surface area contributed by atoms with Crippen LogP contribution in [0.3, 0.4) is 0 Å². The molecule has 3 rings (SSSR count). The second kappa shape index (κ2) is 20.8. The lowest BCUT2D eigenvalue weighted by molar-refractivity contribution is 0.0465. The van der Waals surface area contributed by atoms with Gasteiger partial charge >= 0.3 is 0 Å². The molecule has 1 aliphatic carbocycles. The standard InChI is InChI=1S/C43H73N3O4/c1-9-12-23-46(24-13-10-2)25-22-44-28-37(47)30-49-39-18-14-35(15-19-39)42(6,7)36-16-20-40(21-17-36)50-31-38(48)29-45-33-43(8)27-34(11-3)26-41(4,5)32-43/h14-21,34,37-38,44-45,47-48H,9-13,22-33H2,1-8H3. The molecular formula is C43H73N3O4. The minimum Gasteiger partial charge on any atom is -0.491 e. The van der Waals surface area contributed by atoms with Crippen LogP contribution in [0.25, 0.3) is 0 Å². The minimum absolute atomic E-state index is 0.216. The first-order chi connectivity index (χ1) is 23.8. The summed E-state index contributed by atoms with van der Waals surface area (Å²) in [7, 11) is 0. The van der Waals surface area contributed by atoms with E-state index >= 15 is 0 Å². The molecular weight excluding hydrogens is 622 g/mol. The fourth-order valence-corrected chi connectivity index (χ4v) is 8.02. The van der Waals surface area contributed by atoms with Crippen LogP contribution in [0.5, 0.6) is 11.5 Å². The van der Waals surface area contributed by atoms with E-state index in [2.05, 4.69) is 95.2 Å². The molecule has 0 aliphatic heterocycles. The first kappa shape index (κ1) is 42.3. The summed E-state index contributed by atoms with van der Waals surface area (Å²) >= 11 is 0. The van der Waals surface area contributed by atoms with Crippen LogP contribution in [0.15, 0.2) is 48.5 Å². The molecule has 0 radical (unpaired) electrons. The van der Waals surface area contributed by atoms with Crippen molar-refractivity contribution in [1.82, 2.24) is 15.5 Å². The van der Waals surface area contributed by atoms with Crippen LogP contribution in [0.4, 0.5) is 0 Å². The van der Waals surface area contributed by atoms with Gasteiger partial charge in [-0.05, 0) is 97.3 Å². The molecule has 7 nitrogen and oxygen atoms in total. The van der Waals surface area contributed by atoms with Gasteiger partial charge in [-0.1, -0.05) is 98.9 Å². The number of hydrogen-bond acceptors (Lipinski definition) is 7. The van der Waals surface area contributed by atoms with E-state index in [9.17, 15) is 10.2 Å². The third-order valence-corrected chi connectivity index (χ3v) is 10.7. The fourth-order valence-electron chi connectivity index (χ4n) is 8.02. The predicted molar refractivity (Wildman–Crippen MR) is 210 cm³/mol. The largest absolute Gasteiger partial charge is 0.491 e. The zero-order chi connectivity index (χ0) is 36.6. The number of ether oxygens (including phenoxy) is 2. The van der Waals surface area contributed by atoms with Gasteiger partial charge in [-0.3, -0.25) is 0 Å². The molecule has 0 aromatic heterocycles. The molecule has 2 aromatic rings. The van der Waals surface area contributed by atoms with Crippen molar-refractivity contribution in [2.45, 2.75) is 124 Å². The second-order valence-electron chi connectivity index (χ2n) is 16.8. The van der Waals surface area contributed by atoms with Crippen LogP contribution in [0.1, 0.15) is 118 Å². The monoisotopic (exact) mass is 696 g/mol. The Morgan fingerprint density at radius 2 is 1.26 bits per heavy atom. The van der Waals surface area contributed by atoms with E-state index in [1.54, 1.807) is 0 Å². The number of nitrogens with zero attached hydrogens (tertiary/aromatic N) is 1. The highest BCUT2D eigenvalue weighted by Crippen LogP contribution is 2.49. The lowest BCUT2D eigenvalue weighted by atomic mass is 9.60. The molecule has 4 unspecified atom stereocenters. The molecule has 4 atom stereocenters. The Kier molecular flexibility index (Phi) is 17.6. The lowest BCUT2D eigenvalue weighted by Crippen LogP contribution is -2.44. The first-order valence-corrected chi connectivity index (χ1v) is 19.8. The summed E-state index contributed by atoms with van der Waals surface area (Å²) in [6.45, 7) is 25.1. The molecule has 50 heavy (non-hydrogen) atoms. The maximum absolute atomic E-state index is 10.6. The van der Waals surface area contributed by atoms with Crippen LogP contribution in [0.2, 0.25) is 0 Å². The smallest absolute Gasteiger partial charge is 0.119 e. The SMILES string of the molecule is CCCCN(CCCC)CCNCC(O)COc1ccc(C(C)(C)c2ccc(OCC(O)CNCC3(C)CC(CC)CC(C)(C)C3)cc2)cc1. The molecule has 2 aromatic carbocycles. The highest BCUT2D eigenvalue weighted by atomic mass is 16.5. The van der Waals surface area contributed by atoms with E-state index in [1.807, 2.05) is 24.3 Å². The number of aliphatic hydroxyl groups excluding tert-OH is 2. The number of hydrogen-bond donors (Lipinski definition) is 4. The maximum atomic E-state index is 10.6. The van der Waals surface area contributed by atoms with E-state index in [4.69, 9.17) is 9.47 Å². The molecule has 1 aliphatic rings. The highest BCUT2D eigenvalue weighted by molar-refractivity contribution is 5.41. The Hall–Kier alpha value is -2.16. The number of aliphatic hydroxyl groups is 2. The van der Waals surface area contributed by atoms with Gasteiger partial charge in [0.25, 0.3) is 0 Å². The average Bonchev–Trinajstić information content (AvgIpc) is 3.08. The van der Waals surface area contributed by atoms with Crippen LogP contribution in [0, 0.1) is 16.7 Å². The zero-order valence-electron chi connectivity index (χ0n) is 33.0. The van der Waals surface area contributed by atoms with Crippen molar-refractivity contribution in [3.05, 3.63) is 59.7 Å². The normalized spacial score (nSPS) is 20.5. The quantitative estimate of drug-likeness (QED) is 0.0834. The summed E-state index contributed by atoms with van der Waals surface area (Å²) in [5.41, 5.74) is 2.79. The Bertz CT molecular complexity index is 1190. The van der Waals surface area contributed by atoms with E-state index < -0.39 is 12.2 Å². The van der Waals surface area contributed by atoms with Gasteiger partial charge in [0.2, 0.25) is 0 Å². The molecule has 284 valence electrons. The van der Waals surface area contributed by atoms with E-state index in [-0.39, 0.29) is 24.0 Å². The van der Waals surface area contributed by atoms with Gasteiger partial charge in [0, 0.05) is 38.1 Å². The Morgan fingerprint density at radius 1 is 0.760 bits per heavy atom. The van der Waals surface area contributed by atoms with Crippen molar-refractivity contribution in [2.24, 2.45) is 16.7 Å². The van der Waals surface area contributed by atoms with Crippen molar-refractivity contribution in [2.75, 3.05) is 59.0 Å². The minimum atomic E-state index is -0.562. The Labute approximate surface area is 305 Å². The molecule has 7 heteroatoms. The van der Waals surface area contributed by atoms with E-state index in [1.165, 1.54) is 62.5 Å². The summed E-state index contributed by atoms with van der Waals surface area (Å²) < 4.78 is 11.9. The third kappa shape index (κ3) is 14.5. The van der Waals surface area contributed by atoms with Crippen molar-refractivity contribution >= 4 is 0 Å². The molecule has 0 heterocycles. The van der Waals surface area contributed by atoms with Crippen molar-refractivity contribution in [1.29, 1.82) is 0 Å². The zero-order valence-corrected chi connectivity index (χ0v) is 33.0. The molecule has 0 amide bonds. The topological polar surface area (TPSA) is 86.2 Å². The summed E-state index contributed by atoms with van der Waals surface area (Å²) in [4.78, 5) is 2.53. The van der Waals surface area contributed by atoms with Gasteiger partial charge in [-0.15, -0.1) is 0 Å². The first-order valence-electron chi connectivity index (χ1n) is 19.8. The second-order valence-corrected chi connectivity index (χ2v) is 16.8. The van der Waals surface area contributed by atoms with Crippen LogP contribution < -0.4 is 20.1 Å². The summed E-state index contributed by atoms with van der Waals surface area (Å²) in [6.07, 6.45) is 8.82. The number of rotatable bonds is 24. The lowest BCUT2D eigenvalue weighted by Gasteiger charge is -2.47. The Morgan fingerprint density at radius 3 is 1.74 bits per heavy atom. The molecule has 0 bridgehead atoms. The van der Waals surface area contributed by atoms with Crippen molar-refractivity contribution < 1.29 is 19.7 Å². The van der Waals surface area contributed by atoms with E-state index in [0.717, 1.165) is 50.1 Å². The van der Waals surface area contributed by atoms with Gasteiger partial charge in [-0.25, -0.2) is 0 Å². The number of nitrogens with one attached hydrogen (secondary N) is 2. The molecule has 1 fully saturated rings. The summed E-state index contributed by atoms with van der Waals surface area (Å²) in [5.74, 6) is 2.31.